The number of rotatable bonds is 23. The smallest absolute Gasteiger partial charge is 0.418 e. The van der Waals surface area contributed by atoms with Gasteiger partial charge in [-0.3, -0.25) is 0 Å². The van der Waals surface area contributed by atoms with Crippen LogP contribution in [0, 0.1) is 17.8 Å². The summed E-state index contributed by atoms with van der Waals surface area (Å²) < 4.78 is 39.0. The Bertz CT molecular complexity index is 407. The summed E-state index contributed by atoms with van der Waals surface area (Å²) in [5.74, 6) is 3.02. The molecule has 220 valence electrons. The van der Waals surface area contributed by atoms with Gasteiger partial charge in [-0.15, -0.1) is 0 Å². The summed E-state index contributed by atoms with van der Waals surface area (Å²) in [6, 6.07) is 0. The fourth-order valence-electron chi connectivity index (χ4n) is 5.77. The Labute approximate surface area is 225 Å². The molecule has 0 aliphatic rings. The zero-order valence-electron chi connectivity index (χ0n) is 25.4. The highest BCUT2D eigenvalue weighted by Crippen LogP contribution is 2.64. The fourth-order valence-corrected chi connectivity index (χ4v) is 12.3. The maximum absolute atomic E-state index is 9.75. The fraction of sp³-hybridized carbons (Fsp3) is 1.00. The second-order valence-electron chi connectivity index (χ2n) is 11.4. The molecule has 0 rings (SSSR count). The lowest BCUT2D eigenvalue weighted by atomic mass is 10.0. The molecule has 0 bridgehead atoms. The van der Waals surface area contributed by atoms with Crippen molar-refractivity contribution in [2.45, 2.75) is 151 Å². The van der Waals surface area contributed by atoms with Crippen molar-refractivity contribution < 1.29 is 17.3 Å². The summed E-state index contributed by atoms with van der Waals surface area (Å²) in [5.41, 5.74) is 0. The van der Waals surface area contributed by atoms with E-state index in [1.54, 1.807) is 24.6 Å². The van der Waals surface area contributed by atoms with Gasteiger partial charge >= 0.3 is 7.25 Å². The van der Waals surface area contributed by atoms with Crippen molar-refractivity contribution in [2.24, 2.45) is 17.8 Å². The minimum absolute atomic E-state index is 0.875. The van der Waals surface area contributed by atoms with Gasteiger partial charge in [0.1, 0.15) is 0 Å². The van der Waals surface area contributed by atoms with Crippen LogP contribution in [0.5, 0.6) is 0 Å². The molecule has 0 aromatic heterocycles. The standard InChI is InChI=1S/C30H64P.BF4/c1-8-15-19-20-24-31(25-28(12-5)21-16-9-2,26-29(13-6)22-17-10-3)27-30(14-7)23-18-11-4;2-1(3,4)5/h28-30H,8-27H2,1-7H3;/q+1;-1. The van der Waals surface area contributed by atoms with Crippen molar-refractivity contribution in [3.05, 3.63) is 0 Å². The highest BCUT2D eigenvalue weighted by molar-refractivity contribution is 7.75. The summed E-state index contributed by atoms with van der Waals surface area (Å²) in [6.07, 6.45) is 29.7. The first-order chi connectivity index (χ1) is 17.0. The average Bonchev–Trinajstić information content (AvgIpc) is 2.83. The molecule has 0 heterocycles. The van der Waals surface area contributed by atoms with E-state index in [2.05, 4.69) is 48.5 Å². The van der Waals surface area contributed by atoms with Crippen LogP contribution in [0.4, 0.5) is 17.3 Å². The van der Waals surface area contributed by atoms with Crippen molar-refractivity contribution in [1.29, 1.82) is 0 Å². The Morgan fingerprint density at radius 1 is 0.472 bits per heavy atom. The van der Waals surface area contributed by atoms with Gasteiger partial charge in [-0.05, 0) is 69.1 Å². The molecule has 3 unspecified atom stereocenters. The normalized spacial score (nSPS) is 16.1. The van der Waals surface area contributed by atoms with Crippen molar-refractivity contribution in [1.82, 2.24) is 0 Å². The van der Waals surface area contributed by atoms with Crippen LogP contribution < -0.4 is 0 Å². The molecule has 0 amide bonds. The van der Waals surface area contributed by atoms with Crippen molar-refractivity contribution in [3.8, 4) is 0 Å². The molecule has 0 saturated heterocycles. The second-order valence-corrected chi connectivity index (χ2v) is 15.6. The Hall–Kier alpha value is 0.215. The molecule has 36 heavy (non-hydrogen) atoms. The molecule has 0 saturated carbocycles. The number of unbranched alkanes of at least 4 members (excludes halogenated alkanes) is 6. The summed E-state index contributed by atoms with van der Waals surface area (Å²) in [6.45, 7) is 17.0. The first kappa shape index (κ1) is 38.4. The monoisotopic (exact) mass is 542 g/mol. The van der Waals surface area contributed by atoms with Crippen molar-refractivity contribution in [3.63, 3.8) is 0 Å². The largest absolute Gasteiger partial charge is 0.673 e. The zero-order chi connectivity index (χ0) is 27.9. The predicted molar refractivity (Wildman–Crippen MR) is 161 cm³/mol. The van der Waals surface area contributed by atoms with Gasteiger partial charge in [-0.25, -0.2) is 0 Å². The van der Waals surface area contributed by atoms with E-state index in [1.165, 1.54) is 103 Å². The van der Waals surface area contributed by atoms with Crippen LogP contribution in [-0.2, 0) is 0 Å². The molecular formula is C30H64BF4P. The summed E-state index contributed by atoms with van der Waals surface area (Å²) >= 11 is 0. The molecule has 0 radical (unpaired) electrons. The lowest BCUT2D eigenvalue weighted by Crippen LogP contribution is -2.25. The van der Waals surface area contributed by atoms with Gasteiger partial charge in [-0.1, -0.05) is 99.8 Å². The number of halogens is 4. The molecular weight excluding hydrogens is 478 g/mol. The molecule has 0 aromatic carbocycles. The zero-order valence-corrected chi connectivity index (χ0v) is 26.3. The number of hydrogen-bond acceptors (Lipinski definition) is 0. The molecule has 0 aliphatic carbocycles. The molecule has 0 N–H and O–H groups in total. The molecule has 3 atom stereocenters. The van der Waals surface area contributed by atoms with E-state index >= 15 is 0 Å². The summed E-state index contributed by atoms with van der Waals surface area (Å²) in [5, 5.41) is 0. The lowest BCUT2D eigenvalue weighted by molar-refractivity contribution is 0.368. The molecule has 6 heteroatoms. The Kier molecular flexibility index (Phi) is 25.9. The minimum atomic E-state index is -6.00. The Morgan fingerprint density at radius 2 is 0.778 bits per heavy atom. The second kappa shape index (κ2) is 24.3. The quantitative estimate of drug-likeness (QED) is 0.0521. The van der Waals surface area contributed by atoms with Gasteiger partial charge in [0.2, 0.25) is 0 Å². The van der Waals surface area contributed by atoms with E-state index in [-0.39, 0.29) is 0 Å². The summed E-state index contributed by atoms with van der Waals surface area (Å²) in [4.78, 5) is 0. The van der Waals surface area contributed by atoms with Crippen LogP contribution in [0.3, 0.4) is 0 Å². The third-order valence-electron chi connectivity index (χ3n) is 8.05. The first-order valence-electron chi connectivity index (χ1n) is 15.8. The van der Waals surface area contributed by atoms with Crippen molar-refractivity contribution in [2.75, 3.05) is 24.6 Å². The van der Waals surface area contributed by atoms with Crippen LogP contribution in [0.1, 0.15) is 151 Å². The van der Waals surface area contributed by atoms with E-state index in [1.807, 2.05) is 0 Å². The molecule has 0 fully saturated rings. The molecule has 0 nitrogen and oxygen atoms in total. The summed E-state index contributed by atoms with van der Waals surface area (Å²) in [7, 11) is -6.87. The van der Waals surface area contributed by atoms with Gasteiger partial charge in [0, 0.05) is 7.26 Å². The maximum atomic E-state index is 9.75. The van der Waals surface area contributed by atoms with E-state index < -0.39 is 14.5 Å². The van der Waals surface area contributed by atoms with E-state index in [4.69, 9.17) is 0 Å². The lowest BCUT2D eigenvalue weighted by Gasteiger charge is -2.36. The van der Waals surface area contributed by atoms with E-state index in [9.17, 15) is 17.3 Å². The first-order valence-corrected chi connectivity index (χ1v) is 18.3. The third kappa shape index (κ3) is 23.3. The number of hydrogen-bond donors (Lipinski definition) is 0. The van der Waals surface area contributed by atoms with Crippen LogP contribution in [0.2, 0.25) is 0 Å². The topological polar surface area (TPSA) is 0 Å². The van der Waals surface area contributed by atoms with Gasteiger partial charge in [0.25, 0.3) is 0 Å². The Balaban J connectivity index is 0. The highest BCUT2D eigenvalue weighted by atomic mass is 31.2. The van der Waals surface area contributed by atoms with Gasteiger partial charge in [0.05, 0.1) is 24.6 Å². The molecule has 0 spiro atoms. The average molecular weight is 543 g/mol. The Morgan fingerprint density at radius 3 is 1.03 bits per heavy atom. The van der Waals surface area contributed by atoms with E-state index in [0.717, 1.165) is 17.8 Å². The molecule has 0 aliphatic heterocycles. The van der Waals surface area contributed by atoms with Crippen molar-refractivity contribution >= 4 is 14.5 Å². The third-order valence-corrected chi connectivity index (χ3v) is 13.2. The maximum Gasteiger partial charge on any atom is 0.673 e. The predicted octanol–water partition coefficient (Wildman–Crippen LogP) is 12.5. The van der Waals surface area contributed by atoms with Crippen LogP contribution in [0.25, 0.3) is 0 Å². The van der Waals surface area contributed by atoms with Crippen LogP contribution in [-0.4, -0.2) is 31.9 Å². The van der Waals surface area contributed by atoms with Gasteiger partial charge < -0.3 is 17.3 Å². The van der Waals surface area contributed by atoms with Crippen LogP contribution in [0.15, 0.2) is 0 Å². The van der Waals surface area contributed by atoms with Crippen LogP contribution >= 0.6 is 7.26 Å². The molecule has 0 aromatic rings. The van der Waals surface area contributed by atoms with Gasteiger partial charge in [0.15, 0.2) is 0 Å². The van der Waals surface area contributed by atoms with Gasteiger partial charge in [-0.2, -0.15) is 0 Å². The SMILES string of the molecule is CCCCCC[P+](CC(CC)CCCC)(CC(CC)CCCC)CC(CC)CCCC.F[B-](F)(F)F. The minimum Gasteiger partial charge on any atom is -0.418 e. The highest BCUT2D eigenvalue weighted by Gasteiger charge is 2.42. The van der Waals surface area contributed by atoms with E-state index in [0.29, 0.717) is 0 Å².